The molecule has 0 saturated carbocycles. The van der Waals surface area contributed by atoms with Crippen LogP contribution in [0.1, 0.15) is 20.8 Å². The van der Waals surface area contributed by atoms with E-state index in [1.54, 1.807) is 24.7 Å². The zero-order valence-electron chi connectivity index (χ0n) is 21.6. The summed E-state index contributed by atoms with van der Waals surface area (Å²) < 4.78 is 5.73. The Morgan fingerprint density at radius 2 is 1.74 bits per heavy atom. The fourth-order valence-electron chi connectivity index (χ4n) is 3.82. The average Bonchev–Trinajstić information content (AvgIpc) is 3.42. The van der Waals surface area contributed by atoms with Crippen LogP contribution >= 0.6 is 24.8 Å². The molecule has 0 atom stereocenters. The molecule has 202 valence electrons. The van der Waals surface area contributed by atoms with Gasteiger partial charge in [0.25, 0.3) is 5.91 Å². The molecule has 39 heavy (non-hydrogen) atoms. The first kappa shape index (κ1) is 29.3. The summed E-state index contributed by atoms with van der Waals surface area (Å²) in [6, 6.07) is 17.3. The van der Waals surface area contributed by atoms with Gasteiger partial charge in [-0.1, -0.05) is 24.3 Å². The fourth-order valence-corrected chi connectivity index (χ4v) is 3.82. The number of halogens is 2. The highest BCUT2D eigenvalue weighted by Gasteiger charge is 2.15. The smallest absolute Gasteiger partial charge is 0.258 e. The normalized spacial score (nSPS) is 10.7. The zero-order valence-corrected chi connectivity index (χ0v) is 23.3. The summed E-state index contributed by atoms with van der Waals surface area (Å²) in [5, 5.41) is 14.0. The summed E-state index contributed by atoms with van der Waals surface area (Å²) in [4.78, 5) is 25.9. The highest BCUT2D eigenvalue weighted by molar-refractivity contribution is 5.91. The van der Waals surface area contributed by atoms with Gasteiger partial charge in [0.2, 0.25) is 0 Å². The van der Waals surface area contributed by atoms with Crippen molar-refractivity contribution in [2.45, 2.75) is 26.3 Å². The molecule has 3 aromatic heterocycles. The van der Waals surface area contributed by atoms with Gasteiger partial charge in [-0.15, -0.1) is 24.8 Å². The van der Waals surface area contributed by atoms with Crippen LogP contribution in [0.15, 0.2) is 79.4 Å². The molecule has 3 N–H and O–H groups in total. The minimum absolute atomic E-state index is 0. The molecule has 0 saturated heterocycles. The zero-order chi connectivity index (χ0) is 25.8. The maximum atomic E-state index is 12.2. The monoisotopic (exact) mass is 565 g/mol. The Morgan fingerprint density at radius 3 is 2.46 bits per heavy atom. The number of hydrogen-bond acceptors (Lipinski definition) is 7. The largest absolute Gasteiger partial charge is 0.484 e. The third kappa shape index (κ3) is 7.43. The van der Waals surface area contributed by atoms with Crippen molar-refractivity contribution in [1.29, 1.82) is 0 Å². The van der Waals surface area contributed by atoms with Crippen LogP contribution in [0.4, 0.5) is 11.5 Å². The van der Waals surface area contributed by atoms with Gasteiger partial charge in [0.15, 0.2) is 12.4 Å². The minimum Gasteiger partial charge on any atom is -0.484 e. The Morgan fingerprint density at radius 1 is 0.949 bits per heavy atom. The molecule has 0 radical (unpaired) electrons. The molecule has 0 unspecified atom stereocenters. The predicted molar refractivity (Wildman–Crippen MR) is 158 cm³/mol. The average molecular weight is 566 g/mol. The lowest BCUT2D eigenvalue weighted by molar-refractivity contribution is -0.124. The number of rotatable bonds is 7. The van der Waals surface area contributed by atoms with E-state index in [-0.39, 0.29) is 42.9 Å². The SMILES string of the molecule is CC(C)(C)NC(=O)COc1cccc(-c2nc(Nc3ccc(-c4cn[nH]c4)cc3)c3ccncc3n2)c1.Cl.Cl. The maximum Gasteiger partial charge on any atom is 0.258 e. The topological polar surface area (TPSA) is 118 Å². The minimum atomic E-state index is -0.321. The molecule has 0 spiro atoms. The molecule has 1 amide bonds. The summed E-state index contributed by atoms with van der Waals surface area (Å²) in [5.41, 5.74) is 4.11. The van der Waals surface area contributed by atoms with Crippen molar-refractivity contribution in [3.8, 4) is 28.3 Å². The molecule has 11 heteroatoms. The Kier molecular flexibility index (Phi) is 9.45. The number of ether oxygens (including phenoxy) is 1. The molecule has 3 heterocycles. The summed E-state index contributed by atoms with van der Waals surface area (Å²) >= 11 is 0. The number of pyridine rings is 1. The van der Waals surface area contributed by atoms with Crippen LogP contribution in [0.3, 0.4) is 0 Å². The van der Waals surface area contributed by atoms with Crippen LogP contribution in [0.5, 0.6) is 5.75 Å². The highest BCUT2D eigenvalue weighted by Crippen LogP contribution is 2.29. The van der Waals surface area contributed by atoms with E-state index in [1.807, 2.05) is 75.5 Å². The van der Waals surface area contributed by atoms with Crippen molar-refractivity contribution in [1.82, 2.24) is 30.5 Å². The third-order valence-electron chi connectivity index (χ3n) is 5.46. The van der Waals surface area contributed by atoms with Crippen LogP contribution in [0, 0.1) is 0 Å². The summed E-state index contributed by atoms with van der Waals surface area (Å²) in [6.45, 7) is 5.70. The molecular formula is C28H29Cl2N7O2. The number of nitrogens with zero attached hydrogens (tertiary/aromatic N) is 4. The number of H-pyrrole nitrogens is 1. The van der Waals surface area contributed by atoms with Gasteiger partial charge in [0.1, 0.15) is 11.6 Å². The second kappa shape index (κ2) is 12.6. The molecular weight excluding hydrogens is 537 g/mol. The molecule has 9 nitrogen and oxygen atoms in total. The summed E-state index contributed by atoms with van der Waals surface area (Å²) in [7, 11) is 0. The van der Waals surface area contributed by atoms with Gasteiger partial charge in [-0.3, -0.25) is 14.9 Å². The lowest BCUT2D eigenvalue weighted by Gasteiger charge is -2.20. The summed E-state index contributed by atoms with van der Waals surface area (Å²) in [5.74, 6) is 1.55. The number of nitrogens with one attached hydrogen (secondary N) is 3. The molecule has 0 fully saturated rings. The van der Waals surface area contributed by atoms with Crippen molar-refractivity contribution in [2.24, 2.45) is 0 Å². The number of hydrogen-bond donors (Lipinski definition) is 3. The van der Waals surface area contributed by atoms with Gasteiger partial charge in [0.05, 0.1) is 17.9 Å². The van der Waals surface area contributed by atoms with Crippen LogP contribution < -0.4 is 15.4 Å². The first-order chi connectivity index (χ1) is 17.8. The molecule has 2 aromatic carbocycles. The van der Waals surface area contributed by atoms with E-state index in [2.05, 4.69) is 25.8 Å². The molecule has 5 rings (SSSR count). The number of carbonyl (C=O) groups excluding carboxylic acids is 1. The predicted octanol–water partition coefficient (Wildman–Crippen LogP) is 5.96. The second-order valence-electron chi connectivity index (χ2n) is 9.59. The summed E-state index contributed by atoms with van der Waals surface area (Å²) in [6.07, 6.45) is 7.07. The number of benzene rings is 2. The van der Waals surface area contributed by atoms with E-state index in [0.29, 0.717) is 22.9 Å². The van der Waals surface area contributed by atoms with Gasteiger partial charge in [-0.25, -0.2) is 9.97 Å². The van der Waals surface area contributed by atoms with E-state index in [0.717, 1.165) is 27.8 Å². The van der Waals surface area contributed by atoms with Crippen LogP contribution in [-0.2, 0) is 4.79 Å². The molecule has 5 aromatic rings. The fraction of sp³-hybridized carbons (Fsp3) is 0.179. The first-order valence-corrected chi connectivity index (χ1v) is 11.9. The number of aromatic nitrogens is 5. The van der Waals surface area contributed by atoms with Gasteiger partial charge in [0, 0.05) is 40.1 Å². The maximum absolute atomic E-state index is 12.2. The molecule has 0 aliphatic carbocycles. The Balaban J connectivity index is 0.00000210. The molecule has 0 aliphatic rings. The second-order valence-corrected chi connectivity index (χ2v) is 9.59. The third-order valence-corrected chi connectivity index (χ3v) is 5.46. The van der Waals surface area contributed by atoms with Crippen LogP contribution in [0.2, 0.25) is 0 Å². The Hall–Kier alpha value is -4.21. The van der Waals surface area contributed by atoms with Crippen molar-refractivity contribution in [3.05, 3.63) is 79.4 Å². The lowest BCUT2D eigenvalue weighted by Crippen LogP contribution is -2.43. The van der Waals surface area contributed by atoms with Crippen molar-refractivity contribution in [3.63, 3.8) is 0 Å². The van der Waals surface area contributed by atoms with E-state index in [1.165, 1.54) is 0 Å². The van der Waals surface area contributed by atoms with Gasteiger partial charge < -0.3 is 15.4 Å². The van der Waals surface area contributed by atoms with Crippen molar-refractivity contribution < 1.29 is 9.53 Å². The van der Waals surface area contributed by atoms with Gasteiger partial charge in [-0.2, -0.15) is 5.10 Å². The van der Waals surface area contributed by atoms with E-state index < -0.39 is 0 Å². The Bertz CT molecular complexity index is 1540. The van der Waals surface area contributed by atoms with E-state index >= 15 is 0 Å². The first-order valence-electron chi connectivity index (χ1n) is 11.9. The lowest BCUT2D eigenvalue weighted by atomic mass is 10.1. The number of amides is 1. The quantitative estimate of drug-likeness (QED) is 0.222. The number of carbonyl (C=O) groups is 1. The molecule has 0 bridgehead atoms. The van der Waals surface area contributed by atoms with Crippen molar-refractivity contribution in [2.75, 3.05) is 11.9 Å². The standard InChI is InChI=1S/C28H27N7O2.2ClH/c1-28(2,3)35-25(36)17-37-22-6-4-5-19(13-22)26-33-24-16-29-12-11-23(24)27(34-26)32-21-9-7-18(8-10-21)20-14-30-31-15-20;;/h4-16H,17H2,1-3H3,(H,30,31)(H,35,36)(H,32,33,34);2*1H. The molecule has 0 aliphatic heterocycles. The highest BCUT2D eigenvalue weighted by atomic mass is 35.5. The Labute approximate surface area is 238 Å². The number of anilines is 2. The van der Waals surface area contributed by atoms with Crippen LogP contribution in [-0.4, -0.2) is 43.2 Å². The van der Waals surface area contributed by atoms with E-state index in [4.69, 9.17) is 14.7 Å². The van der Waals surface area contributed by atoms with Crippen LogP contribution in [0.25, 0.3) is 33.4 Å². The number of fused-ring (bicyclic) bond motifs is 1. The van der Waals surface area contributed by atoms with Crippen molar-refractivity contribution >= 4 is 53.1 Å². The number of aromatic amines is 1. The van der Waals surface area contributed by atoms with Gasteiger partial charge >= 0.3 is 0 Å². The van der Waals surface area contributed by atoms with E-state index in [9.17, 15) is 4.79 Å². The van der Waals surface area contributed by atoms with Gasteiger partial charge in [-0.05, 0) is 56.7 Å².